The van der Waals surface area contributed by atoms with Crippen LogP contribution in [0.1, 0.15) is 53.2 Å². The summed E-state index contributed by atoms with van der Waals surface area (Å²) in [7, 11) is 1.53. The predicted molar refractivity (Wildman–Crippen MR) is 98.7 cm³/mol. The molecule has 2 fully saturated rings. The molecule has 2 aliphatic rings. The third kappa shape index (κ3) is 4.28. The van der Waals surface area contributed by atoms with Crippen molar-refractivity contribution >= 4 is 11.8 Å². The predicted octanol–water partition coefficient (Wildman–Crippen LogP) is 3.12. The van der Waals surface area contributed by atoms with Crippen molar-refractivity contribution < 1.29 is 22.8 Å². The van der Waals surface area contributed by atoms with Gasteiger partial charge in [0.05, 0.1) is 35.2 Å². The van der Waals surface area contributed by atoms with E-state index in [-0.39, 0.29) is 36.0 Å². The van der Waals surface area contributed by atoms with E-state index in [1.165, 1.54) is 35.0 Å². The summed E-state index contributed by atoms with van der Waals surface area (Å²) in [4.78, 5) is 26.2. The second kappa shape index (κ2) is 7.20. The van der Waals surface area contributed by atoms with Gasteiger partial charge in [-0.3, -0.25) is 9.59 Å². The molecular formula is C20H21F3N4O2. The molecule has 0 atom stereocenters. The fourth-order valence-electron chi connectivity index (χ4n) is 3.29. The quantitative estimate of drug-likeness (QED) is 0.802. The maximum Gasteiger partial charge on any atom is 0.416 e. The van der Waals surface area contributed by atoms with Gasteiger partial charge in [-0.25, -0.2) is 4.68 Å². The smallest absolute Gasteiger partial charge is 0.352 e. The highest BCUT2D eigenvalue weighted by Gasteiger charge is 2.35. The van der Waals surface area contributed by atoms with Gasteiger partial charge in [0, 0.05) is 19.0 Å². The van der Waals surface area contributed by atoms with Crippen LogP contribution in [-0.2, 0) is 11.0 Å². The monoisotopic (exact) mass is 406 g/mol. The maximum atomic E-state index is 13.1. The van der Waals surface area contributed by atoms with Crippen molar-refractivity contribution in [1.29, 1.82) is 0 Å². The third-order valence-electron chi connectivity index (χ3n) is 5.09. The Morgan fingerprint density at radius 3 is 2.59 bits per heavy atom. The van der Waals surface area contributed by atoms with Crippen LogP contribution in [0.15, 0.2) is 30.5 Å². The number of amides is 2. The number of carbonyl (C=O) groups excluding carboxylic acids is 2. The summed E-state index contributed by atoms with van der Waals surface area (Å²) >= 11 is 0. The zero-order valence-electron chi connectivity index (χ0n) is 15.9. The summed E-state index contributed by atoms with van der Waals surface area (Å²) in [5, 5.41) is 7.05. The number of aromatic nitrogens is 2. The molecule has 4 rings (SSSR count). The molecule has 0 radical (unpaired) electrons. The molecule has 0 spiro atoms. The summed E-state index contributed by atoms with van der Waals surface area (Å²) in [5.74, 6) is -0.516. The van der Waals surface area contributed by atoms with Gasteiger partial charge in [-0.15, -0.1) is 0 Å². The summed E-state index contributed by atoms with van der Waals surface area (Å²) in [6.45, 7) is -0.0752. The molecule has 0 unspecified atom stereocenters. The van der Waals surface area contributed by atoms with Crippen LogP contribution < -0.4 is 5.32 Å². The maximum absolute atomic E-state index is 13.1. The van der Waals surface area contributed by atoms with Crippen molar-refractivity contribution in [1.82, 2.24) is 20.0 Å². The van der Waals surface area contributed by atoms with Crippen molar-refractivity contribution in [2.75, 3.05) is 13.6 Å². The first-order valence-electron chi connectivity index (χ1n) is 9.54. The van der Waals surface area contributed by atoms with E-state index in [9.17, 15) is 22.8 Å². The minimum atomic E-state index is -4.46. The minimum absolute atomic E-state index is 0.0692. The highest BCUT2D eigenvalue weighted by Crippen LogP contribution is 2.43. The van der Waals surface area contributed by atoms with Crippen molar-refractivity contribution in [2.45, 2.75) is 43.8 Å². The van der Waals surface area contributed by atoms with Crippen LogP contribution in [0, 0.1) is 0 Å². The highest BCUT2D eigenvalue weighted by molar-refractivity contribution is 5.97. The van der Waals surface area contributed by atoms with Crippen LogP contribution in [0.4, 0.5) is 13.2 Å². The molecule has 29 heavy (non-hydrogen) atoms. The van der Waals surface area contributed by atoms with Gasteiger partial charge in [-0.05, 0) is 43.9 Å². The van der Waals surface area contributed by atoms with E-state index in [2.05, 4.69) is 10.4 Å². The first-order chi connectivity index (χ1) is 13.7. The van der Waals surface area contributed by atoms with Gasteiger partial charge in [0.1, 0.15) is 0 Å². The molecule has 9 heteroatoms. The van der Waals surface area contributed by atoms with E-state index >= 15 is 0 Å². The number of nitrogens with one attached hydrogen (secondary N) is 1. The second-order valence-corrected chi connectivity index (χ2v) is 7.68. The van der Waals surface area contributed by atoms with Crippen molar-refractivity contribution in [3.8, 4) is 5.69 Å². The highest BCUT2D eigenvalue weighted by atomic mass is 19.4. The van der Waals surface area contributed by atoms with Crippen molar-refractivity contribution in [3.05, 3.63) is 47.3 Å². The summed E-state index contributed by atoms with van der Waals surface area (Å²) in [6.07, 6.45) is 0.522. The van der Waals surface area contributed by atoms with Crippen LogP contribution in [0.3, 0.4) is 0 Å². The normalized spacial score (nSPS) is 16.6. The number of alkyl halides is 3. The lowest BCUT2D eigenvalue weighted by atomic mass is 10.1. The first kappa shape index (κ1) is 19.5. The Bertz CT molecular complexity index is 945. The number of likely N-dealkylation sites (N-methyl/N-ethyl adjacent to an activating group) is 1. The SMILES string of the molecule is CN(CC(=O)NC1CC1)C(=O)c1cnn(-c2cccc(C(F)(F)F)c2)c1C1CC1. The van der Waals surface area contributed by atoms with E-state index in [0.29, 0.717) is 11.3 Å². The lowest BCUT2D eigenvalue weighted by Crippen LogP contribution is -2.39. The zero-order valence-corrected chi connectivity index (χ0v) is 15.9. The Labute approximate surface area is 165 Å². The van der Waals surface area contributed by atoms with E-state index < -0.39 is 11.7 Å². The van der Waals surface area contributed by atoms with Crippen LogP contribution >= 0.6 is 0 Å². The van der Waals surface area contributed by atoms with Gasteiger partial charge in [0.25, 0.3) is 5.91 Å². The summed E-state index contributed by atoms with van der Waals surface area (Å²) in [6, 6.07) is 5.10. The Morgan fingerprint density at radius 1 is 1.24 bits per heavy atom. The molecule has 0 saturated heterocycles. The number of hydrogen-bond acceptors (Lipinski definition) is 3. The average molecular weight is 406 g/mol. The molecule has 1 aromatic heterocycles. The topological polar surface area (TPSA) is 67.2 Å². The van der Waals surface area contributed by atoms with Crippen LogP contribution in [0.2, 0.25) is 0 Å². The fraction of sp³-hybridized carbons (Fsp3) is 0.450. The molecule has 0 aliphatic heterocycles. The van der Waals surface area contributed by atoms with Crippen LogP contribution in [0.5, 0.6) is 0 Å². The van der Waals surface area contributed by atoms with Gasteiger partial charge in [-0.2, -0.15) is 18.3 Å². The Balaban J connectivity index is 1.60. The number of carbonyl (C=O) groups is 2. The number of benzene rings is 1. The van der Waals surface area contributed by atoms with Gasteiger partial charge in [-0.1, -0.05) is 6.07 Å². The fourth-order valence-corrected chi connectivity index (χ4v) is 3.29. The van der Waals surface area contributed by atoms with E-state index in [1.54, 1.807) is 0 Å². The van der Waals surface area contributed by atoms with Gasteiger partial charge in [0.2, 0.25) is 5.91 Å². The van der Waals surface area contributed by atoms with Crippen LogP contribution in [-0.4, -0.2) is 46.1 Å². The summed E-state index contributed by atoms with van der Waals surface area (Å²) in [5.41, 5.74) is 0.416. The molecule has 1 N–H and O–H groups in total. The molecule has 2 aromatic rings. The molecule has 0 bridgehead atoms. The minimum Gasteiger partial charge on any atom is -0.352 e. The van der Waals surface area contributed by atoms with Crippen molar-refractivity contribution in [3.63, 3.8) is 0 Å². The zero-order chi connectivity index (χ0) is 20.8. The molecule has 154 valence electrons. The lowest BCUT2D eigenvalue weighted by Gasteiger charge is -2.17. The Hall–Kier alpha value is -2.84. The van der Waals surface area contributed by atoms with E-state index in [0.717, 1.165) is 37.8 Å². The molecule has 6 nitrogen and oxygen atoms in total. The first-order valence-corrected chi connectivity index (χ1v) is 9.54. The lowest BCUT2D eigenvalue weighted by molar-refractivity contribution is -0.137. The number of nitrogens with zero attached hydrogens (tertiary/aromatic N) is 3. The summed E-state index contributed by atoms with van der Waals surface area (Å²) < 4.78 is 40.7. The number of hydrogen-bond donors (Lipinski definition) is 1. The van der Waals surface area contributed by atoms with Gasteiger partial charge < -0.3 is 10.2 Å². The largest absolute Gasteiger partial charge is 0.416 e. The molecule has 2 amide bonds. The number of halogens is 3. The van der Waals surface area contributed by atoms with Crippen molar-refractivity contribution in [2.24, 2.45) is 0 Å². The Kier molecular flexibility index (Phi) is 4.84. The Morgan fingerprint density at radius 2 is 1.97 bits per heavy atom. The van der Waals surface area contributed by atoms with Crippen LogP contribution in [0.25, 0.3) is 5.69 Å². The molecule has 1 heterocycles. The molecule has 2 saturated carbocycles. The average Bonchev–Trinajstić information content (AvgIpc) is 3.60. The molecule has 1 aromatic carbocycles. The second-order valence-electron chi connectivity index (χ2n) is 7.68. The third-order valence-corrected chi connectivity index (χ3v) is 5.09. The van der Waals surface area contributed by atoms with E-state index in [4.69, 9.17) is 0 Å². The van der Waals surface area contributed by atoms with Gasteiger partial charge >= 0.3 is 6.18 Å². The van der Waals surface area contributed by atoms with E-state index in [1.807, 2.05) is 0 Å². The van der Waals surface area contributed by atoms with Gasteiger partial charge in [0.15, 0.2) is 0 Å². The number of rotatable bonds is 6. The standard InChI is InChI=1S/C20H21F3N4O2/c1-26(11-17(28)25-14-7-8-14)19(29)16-10-24-27(18(16)12-5-6-12)15-4-2-3-13(9-15)20(21,22)23/h2-4,9-10,12,14H,5-8,11H2,1H3,(H,25,28). The molecule has 2 aliphatic carbocycles. The molecular weight excluding hydrogens is 385 g/mol.